The van der Waals surface area contributed by atoms with Gasteiger partial charge in [-0.25, -0.2) is 9.18 Å². The first-order valence-corrected chi connectivity index (χ1v) is 7.07. The lowest BCUT2D eigenvalue weighted by Gasteiger charge is -2.04. The van der Waals surface area contributed by atoms with Crippen molar-refractivity contribution < 1.29 is 23.4 Å². The van der Waals surface area contributed by atoms with Gasteiger partial charge in [-0.15, -0.1) is 0 Å². The van der Waals surface area contributed by atoms with Gasteiger partial charge in [0.25, 0.3) is 0 Å². The number of hydrogen-bond donors (Lipinski definition) is 2. The fourth-order valence-electron chi connectivity index (χ4n) is 2.43. The molecule has 0 radical (unpaired) electrons. The molecule has 0 bridgehead atoms. The number of aromatic hydroxyl groups is 1. The lowest BCUT2D eigenvalue weighted by atomic mass is 10.0. The van der Waals surface area contributed by atoms with Crippen molar-refractivity contribution in [2.45, 2.75) is 0 Å². The Kier molecular flexibility index (Phi) is 3.95. The van der Waals surface area contributed by atoms with E-state index in [-0.39, 0.29) is 23.0 Å². The average molecular weight is 327 g/mol. The summed E-state index contributed by atoms with van der Waals surface area (Å²) in [5.41, 5.74) is 7.45. The van der Waals surface area contributed by atoms with Crippen LogP contribution in [0.2, 0.25) is 0 Å². The Bertz CT molecular complexity index is 900. The molecule has 6 heteroatoms. The molecule has 3 N–H and O–H groups in total. The molecule has 0 atom stereocenters. The number of rotatable bonds is 3. The molecule has 0 fully saturated rings. The highest BCUT2D eigenvalue weighted by Crippen LogP contribution is 2.44. The van der Waals surface area contributed by atoms with E-state index in [0.29, 0.717) is 16.7 Å². The van der Waals surface area contributed by atoms with Crippen molar-refractivity contribution in [1.29, 1.82) is 0 Å². The van der Waals surface area contributed by atoms with Gasteiger partial charge in [-0.05, 0) is 42.0 Å². The molecule has 0 spiro atoms. The minimum Gasteiger partial charge on any atom is -0.504 e. The summed E-state index contributed by atoms with van der Waals surface area (Å²) in [5.74, 6) is -0.957. The zero-order chi connectivity index (χ0) is 17.3. The van der Waals surface area contributed by atoms with E-state index in [1.54, 1.807) is 24.3 Å². The summed E-state index contributed by atoms with van der Waals surface area (Å²) in [6, 6.07) is 11.9. The van der Waals surface area contributed by atoms with Crippen LogP contribution in [-0.4, -0.2) is 18.2 Å². The Morgan fingerprint density at radius 3 is 2.54 bits per heavy atom. The van der Waals surface area contributed by atoms with Gasteiger partial charge >= 0.3 is 5.97 Å². The Balaban J connectivity index is 2.10. The standard InChI is InChI=1S/C18H14FNO4/c1-23-18(22)12-4-2-3-11(9-12)14-15(21)16(24-17(14)20)10-5-7-13(19)8-6-10/h2-9,21H,20H2,1H3. The lowest BCUT2D eigenvalue weighted by molar-refractivity contribution is 0.0601. The van der Waals surface area contributed by atoms with Crippen molar-refractivity contribution in [1.82, 2.24) is 0 Å². The van der Waals surface area contributed by atoms with Crippen molar-refractivity contribution >= 4 is 11.9 Å². The molecule has 0 unspecified atom stereocenters. The number of halogens is 1. The smallest absolute Gasteiger partial charge is 0.337 e. The number of esters is 1. The van der Waals surface area contributed by atoms with E-state index in [9.17, 15) is 14.3 Å². The van der Waals surface area contributed by atoms with Gasteiger partial charge in [0.15, 0.2) is 11.5 Å². The van der Waals surface area contributed by atoms with Crippen LogP contribution < -0.4 is 5.73 Å². The second kappa shape index (κ2) is 6.08. The Hall–Kier alpha value is -3.28. The molecule has 1 aromatic heterocycles. The van der Waals surface area contributed by atoms with Gasteiger partial charge in [0.2, 0.25) is 5.88 Å². The van der Waals surface area contributed by atoms with Gasteiger partial charge in [0, 0.05) is 5.56 Å². The number of nitrogen functional groups attached to an aromatic ring is 1. The highest BCUT2D eigenvalue weighted by molar-refractivity contribution is 5.93. The molecule has 122 valence electrons. The molecule has 0 aliphatic carbocycles. The topological polar surface area (TPSA) is 85.7 Å². The first-order chi connectivity index (χ1) is 11.5. The van der Waals surface area contributed by atoms with Gasteiger partial charge in [0.05, 0.1) is 18.2 Å². The highest BCUT2D eigenvalue weighted by Gasteiger charge is 2.21. The molecule has 0 amide bonds. The van der Waals surface area contributed by atoms with Gasteiger partial charge in [-0.1, -0.05) is 12.1 Å². The van der Waals surface area contributed by atoms with E-state index in [0.717, 1.165) is 0 Å². The van der Waals surface area contributed by atoms with E-state index in [2.05, 4.69) is 4.74 Å². The van der Waals surface area contributed by atoms with Crippen LogP contribution in [0.4, 0.5) is 10.3 Å². The zero-order valence-electron chi connectivity index (χ0n) is 12.7. The van der Waals surface area contributed by atoms with Crippen LogP contribution in [-0.2, 0) is 4.74 Å². The third-order valence-corrected chi connectivity index (χ3v) is 3.59. The number of nitrogens with two attached hydrogens (primary N) is 1. The van der Waals surface area contributed by atoms with Gasteiger partial charge in [-0.2, -0.15) is 0 Å². The summed E-state index contributed by atoms with van der Waals surface area (Å²) in [5, 5.41) is 10.5. The molecule has 0 saturated carbocycles. The molecule has 24 heavy (non-hydrogen) atoms. The summed E-state index contributed by atoms with van der Waals surface area (Å²) >= 11 is 0. The van der Waals surface area contributed by atoms with E-state index in [4.69, 9.17) is 10.2 Å². The van der Waals surface area contributed by atoms with Gasteiger partial charge in [0.1, 0.15) is 5.82 Å². The maximum atomic E-state index is 13.0. The minimum absolute atomic E-state index is 0.00570. The van der Waals surface area contributed by atoms with Crippen LogP contribution >= 0.6 is 0 Å². The maximum absolute atomic E-state index is 13.0. The van der Waals surface area contributed by atoms with E-state index in [1.807, 2.05) is 0 Å². The van der Waals surface area contributed by atoms with Crippen LogP contribution in [0, 0.1) is 5.82 Å². The fourth-order valence-corrected chi connectivity index (χ4v) is 2.43. The molecule has 0 saturated heterocycles. The van der Waals surface area contributed by atoms with Gasteiger partial charge in [-0.3, -0.25) is 0 Å². The predicted molar refractivity (Wildman–Crippen MR) is 87.0 cm³/mol. The zero-order valence-corrected chi connectivity index (χ0v) is 12.7. The largest absolute Gasteiger partial charge is 0.504 e. The summed E-state index contributed by atoms with van der Waals surface area (Å²) < 4.78 is 23.2. The molecule has 3 rings (SSSR count). The second-order valence-electron chi connectivity index (χ2n) is 5.10. The average Bonchev–Trinajstić information content (AvgIpc) is 2.89. The Morgan fingerprint density at radius 2 is 1.88 bits per heavy atom. The molecule has 0 aliphatic heterocycles. The van der Waals surface area contributed by atoms with Gasteiger partial charge < -0.3 is 20.0 Å². The van der Waals surface area contributed by atoms with Crippen molar-refractivity contribution in [2.75, 3.05) is 12.8 Å². The minimum atomic E-state index is -0.503. The van der Waals surface area contributed by atoms with Crippen molar-refractivity contribution in [3.8, 4) is 28.2 Å². The Morgan fingerprint density at radius 1 is 1.17 bits per heavy atom. The predicted octanol–water partition coefficient (Wildman–Crippen LogP) is 3.83. The molecular formula is C18H14FNO4. The monoisotopic (exact) mass is 327 g/mol. The number of ether oxygens (including phenoxy) is 1. The number of anilines is 1. The third kappa shape index (κ3) is 2.69. The van der Waals surface area contributed by atoms with Crippen molar-refractivity contribution in [3.05, 3.63) is 59.9 Å². The van der Waals surface area contributed by atoms with Crippen molar-refractivity contribution in [2.24, 2.45) is 0 Å². The quantitative estimate of drug-likeness (QED) is 0.714. The molecule has 5 nitrogen and oxygen atoms in total. The SMILES string of the molecule is COC(=O)c1cccc(-c2c(N)oc(-c3ccc(F)cc3)c2O)c1. The van der Waals surface area contributed by atoms with E-state index in [1.165, 1.54) is 31.4 Å². The molecule has 0 aliphatic rings. The number of furan rings is 1. The fraction of sp³-hybridized carbons (Fsp3) is 0.0556. The van der Waals surface area contributed by atoms with Crippen LogP contribution in [0.15, 0.2) is 52.9 Å². The number of carbonyl (C=O) groups is 1. The molecule has 2 aromatic carbocycles. The molecule has 3 aromatic rings. The second-order valence-corrected chi connectivity index (χ2v) is 5.10. The maximum Gasteiger partial charge on any atom is 0.337 e. The number of carbonyl (C=O) groups excluding carboxylic acids is 1. The first-order valence-electron chi connectivity index (χ1n) is 7.07. The summed E-state index contributed by atoms with van der Waals surface area (Å²) in [4.78, 5) is 11.7. The normalized spacial score (nSPS) is 10.6. The Labute approximate surface area is 137 Å². The summed E-state index contributed by atoms with van der Waals surface area (Å²) in [6.45, 7) is 0. The molecular weight excluding hydrogens is 313 g/mol. The first kappa shape index (κ1) is 15.6. The molecule has 1 heterocycles. The van der Waals surface area contributed by atoms with Crippen molar-refractivity contribution in [3.63, 3.8) is 0 Å². The van der Waals surface area contributed by atoms with E-state index >= 15 is 0 Å². The highest BCUT2D eigenvalue weighted by atomic mass is 19.1. The number of methoxy groups -OCH3 is 1. The number of hydrogen-bond acceptors (Lipinski definition) is 5. The lowest BCUT2D eigenvalue weighted by Crippen LogP contribution is -2.00. The summed E-state index contributed by atoms with van der Waals surface area (Å²) in [7, 11) is 1.28. The van der Waals surface area contributed by atoms with Crippen LogP contribution in [0.5, 0.6) is 5.75 Å². The van der Waals surface area contributed by atoms with Crippen LogP contribution in [0.1, 0.15) is 10.4 Å². The van der Waals surface area contributed by atoms with E-state index < -0.39 is 11.8 Å². The van der Waals surface area contributed by atoms with Crippen LogP contribution in [0.25, 0.3) is 22.5 Å². The summed E-state index contributed by atoms with van der Waals surface area (Å²) in [6.07, 6.45) is 0. The number of benzene rings is 2. The van der Waals surface area contributed by atoms with Crippen LogP contribution in [0.3, 0.4) is 0 Å². The third-order valence-electron chi connectivity index (χ3n) is 3.59.